The zero-order valence-electron chi connectivity index (χ0n) is 8.03. The molecule has 1 heterocycles. The van der Waals surface area contributed by atoms with Gasteiger partial charge in [-0.25, -0.2) is 0 Å². The van der Waals surface area contributed by atoms with Crippen molar-refractivity contribution in [1.29, 1.82) is 0 Å². The molecular formula is C10H15NS2. The lowest BCUT2D eigenvalue weighted by Gasteiger charge is -2.20. The van der Waals surface area contributed by atoms with Crippen LogP contribution in [0.15, 0.2) is 29.4 Å². The summed E-state index contributed by atoms with van der Waals surface area (Å²) in [6, 6.07) is 4.08. The third kappa shape index (κ3) is 4.05. The molecule has 1 aromatic rings. The van der Waals surface area contributed by atoms with Gasteiger partial charge in [-0.1, -0.05) is 13.8 Å². The predicted molar refractivity (Wildman–Crippen MR) is 62.6 cm³/mol. The lowest BCUT2D eigenvalue weighted by molar-refractivity contribution is 0.494. The van der Waals surface area contributed by atoms with E-state index in [0.717, 1.165) is 11.5 Å². The summed E-state index contributed by atoms with van der Waals surface area (Å²) in [6.07, 6.45) is 3.66. The molecule has 0 aliphatic rings. The molecule has 0 atom stereocenters. The molecule has 0 aliphatic heterocycles. The summed E-state index contributed by atoms with van der Waals surface area (Å²) in [4.78, 5) is 5.26. The zero-order valence-corrected chi connectivity index (χ0v) is 9.74. The van der Waals surface area contributed by atoms with Gasteiger partial charge in [-0.05, 0) is 23.3 Å². The van der Waals surface area contributed by atoms with Gasteiger partial charge in [0.25, 0.3) is 0 Å². The van der Waals surface area contributed by atoms with Gasteiger partial charge in [0.15, 0.2) is 0 Å². The highest BCUT2D eigenvalue weighted by molar-refractivity contribution is 7.99. The standard InChI is InChI=1S/C10H15NS2/c1-10(2,7-12)8-13-9-3-5-11-6-4-9/h3-6,12H,7-8H2,1-2H3. The third-order valence-electron chi connectivity index (χ3n) is 1.71. The highest BCUT2D eigenvalue weighted by atomic mass is 32.2. The van der Waals surface area contributed by atoms with Gasteiger partial charge in [0.05, 0.1) is 0 Å². The molecule has 1 aromatic heterocycles. The SMILES string of the molecule is CC(C)(CS)CSc1ccncc1. The topological polar surface area (TPSA) is 12.9 Å². The van der Waals surface area contributed by atoms with Crippen molar-refractivity contribution in [1.82, 2.24) is 4.98 Å². The summed E-state index contributed by atoms with van der Waals surface area (Å²) in [5.41, 5.74) is 0.303. The molecule has 72 valence electrons. The van der Waals surface area contributed by atoms with Gasteiger partial charge in [-0.15, -0.1) is 11.8 Å². The minimum atomic E-state index is 0.303. The van der Waals surface area contributed by atoms with E-state index < -0.39 is 0 Å². The Kier molecular flexibility index (Phi) is 4.13. The lowest BCUT2D eigenvalue weighted by Crippen LogP contribution is -2.16. The van der Waals surface area contributed by atoms with Gasteiger partial charge in [-0.3, -0.25) is 4.98 Å². The Labute approximate surface area is 89.8 Å². The second-order valence-electron chi connectivity index (χ2n) is 3.79. The minimum Gasteiger partial charge on any atom is -0.265 e. The Morgan fingerprint density at radius 3 is 2.54 bits per heavy atom. The van der Waals surface area contributed by atoms with Crippen LogP contribution in [-0.4, -0.2) is 16.5 Å². The molecule has 1 rings (SSSR count). The average Bonchev–Trinajstić information content (AvgIpc) is 2.17. The maximum atomic E-state index is 4.32. The molecule has 3 heteroatoms. The number of nitrogens with zero attached hydrogens (tertiary/aromatic N) is 1. The van der Waals surface area contributed by atoms with Crippen LogP contribution in [-0.2, 0) is 0 Å². The smallest absolute Gasteiger partial charge is 0.0278 e. The fourth-order valence-corrected chi connectivity index (χ4v) is 2.00. The van der Waals surface area contributed by atoms with Crippen LogP contribution in [0.3, 0.4) is 0 Å². The molecule has 0 unspecified atom stereocenters. The van der Waals surface area contributed by atoms with Crippen LogP contribution in [0.2, 0.25) is 0 Å². The molecule has 0 saturated heterocycles. The first-order chi connectivity index (χ1) is 6.14. The molecule has 0 amide bonds. The van der Waals surface area contributed by atoms with E-state index in [4.69, 9.17) is 0 Å². The minimum absolute atomic E-state index is 0.303. The molecule has 0 aromatic carbocycles. The fraction of sp³-hybridized carbons (Fsp3) is 0.500. The summed E-state index contributed by atoms with van der Waals surface area (Å²) >= 11 is 6.18. The van der Waals surface area contributed by atoms with E-state index in [-0.39, 0.29) is 0 Å². The molecule has 0 spiro atoms. The highest BCUT2D eigenvalue weighted by Crippen LogP contribution is 2.27. The number of hydrogen-bond acceptors (Lipinski definition) is 3. The molecule has 0 N–H and O–H groups in total. The van der Waals surface area contributed by atoms with E-state index in [1.54, 1.807) is 0 Å². The van der Waals surface area contributed by atoms with Gasteiger partial charge in [0.2, 0.25) is 0 Å². The second-order valence-corrected chi connectivity index (χ2v) is 5.16. The van der Waals surface area contributed by atoms with Crippen molar-refractivity contribution >= 4 is 24.4 Å². The Bertz CT molecular complexity index is 246. The Morgan fingerprint density at radius 2 is 2.00 bits per heavy atom. The van der Waals surface area contributed by atoms with Crippen molar-refractivity contribution in [3.8, 4) is 0 Å². The first-order valence-electron chi connectivity index (χ1n) is 4.28. The van der Waals surface area contributed by atoms with Crippen molar-refractivity contribution in [2.75, 3.05) is 11.5 Å². The van der Waals surface area contributed by atoms with E-state index in [2.05, 4.69) is 31.5 Å². The van der Waals surface area contributed by atoms with Gasteiger partial charge in [-0.2, -0.15) is 12.6 Å². The van der Waals surface area contributed by atoms with Gasteiger partial charge in [0.1, 0.15) is 0 Å². The third-order valence-corrected chi connectivity index (χ3v) is 4.09. The van der Waals surface area contributed by atoms with Crippen LogP contribution >= 0.6 is 24.4 Å². The van der Waals surface area contributed by atoms with Crippen LogP contribution in [0.5, 0.6) is 0 Å². The van der Waals surface area contributed by atoms with Crippen LogP contribution < -0.4 is 0 Å². The summed E-state index contributed by atoms with van der Waals surface area (Å²) in [7, 11) is 0. The summed E-state index contributed by atoms with van der Waals surface area (Å²) in [6.45, 7) is 4.46. The average molecular weight is 213 g/mol. The first-order valence-corrected chi connectivity index (χ1v) is 5.89. The molecule has 0 radical (unpaired) electrons. The number of thioether (sulfide) groups is 1. The second kappa shape index (κ2) is 4.91. The van der Waals surface area contributed by atoms with Crippen molar-refractivity contribution in [2.24, 2.45) is 5.41 Å². The van der Waals surface area contributed by atoms with E-state index in [9.17, 15) is 0 Å². The normalized spacial score (nSPS) is 11.6. The molecule has 0 saturated carbocycles. The Morgan fingerprint density at radius 1 is 1.38 bits per heavy atom. The maximum Gasteiger partial charge on any atom is 0.0278 e. The first kappa shape index (κ1) is 10.9. The number of pyridine rings is 1. The van der Waals surface area contributed by atoms with Gasteiger partial charge >= 0.3 is 0 Å². The number of rotatable bonds is 4. The van der Waals surface area contributed by atoms with E-state index in [0.29, 0.717) is 5.41 Å². The van der Waals surface area contributed by atoms with E-state index in [1.165, 1.54) is 4.90 Å². The maximum absolute atomic E-state index is 4.32. The van der Waals surface area contributed by atoms with Crippen molar-refractivity contribution < 1.29 is 0 Å². The van der Waals surface area contributed by atoms with Crippen LogP contribution in [0.1, 0.15) is 13.8 Å². The molecule has 0 aliphatic carbocycles. The Balaban J connectivity index is 2.44. The fourth-order valence-electron chi connectivity index (χ4n) is 0.759. The largest absolute Gasteiger partial charge is 0.265 e. The van der Waals surface area contributed by atoms with E-state index >= 15 is 0 Å². The highest BCUT2D eigenvalue weighted by Gasteiger charge is 2.15. The summed E-state index contributed by atoms with van der Waals surface area (Å²) in [5, 5.41) is 0. The van der Waals surface area contributed by atoms with Crippen molar-refractivity contribution in [2.45, 2.75) is 18.7 Å². The molecule has 1 nitrogen and oxygen atoms in total. The molecule has 13 heavy (non-hydrogen) atoms. The van der Waals surface area contributed by atoms with E-state index in [1.807, 2.05) is 36.3 Å². The van der Waals surface area contributed by atoms with Crippen molar-refractivity contribution in [3.63, 3.8) is 0 Å². The van der Waals surface area contributed by atoms with Gasteiger partial charge in [0, 0.05) is 23.0 Å². The number of hydrogen-bond donors (Lipinski definition) is 1. The van der Waals surface area contributed by atoms with Crippen LogP contribution in [0.25, 0.3) is 0 Å². The molecular weight excluding hydrogens is 198 g/mol. The van der Waals surface area contributed by atoms with Crippen LogP contribution in [0, 0.1) is 5.41 Å². The lowest BCUT2D eigenvalue weighted by atomic mass is 10.0. The molecule has 0 fully saturated rings. The van der Waals surface area contributed by atoms with Gasteiger partial charge < -0.3 is 0 Å². The molecule has 0 bridgehead atoms. The predicted octanol–water partition coefficient (Wildman–Crippen LogP) is 3.13. The monoisotopic (exact) mass is 213 g/mol. The number of aromatic nitrogens is 1. The zero-order chi connectivity index (χ0) is 9.73. The Hall–Kier alpha value is -0.150. The van der Waals surface area contributed by atoms with Crippen LogP contribution in [0.4, 0.5) is 0 Å². The number of thiol groups is 1. The summed E-state index contributed by atoms with van der Waals surface area (Å²) in [5.74, 6) is 2.02. The quantitative estimate of drug-likeness (QED) is 0.609. The van der Waals surface area contributed by atoms with Crippen molar-refractivity contribution in [3.05, 3.63) is 24.5 Å². The summed E-state index contributed by atoms with van der Waals surface area (Å²) < 4.78 is 0.